The summed E-state index contributed by atoms with van der Waals surface area (Å²) in [5.41, 5.74) is 0. The molecule has 2 heteroatoms. The SMILES string of the molecule is CCOCC.[H-].[H-].[Mg+2]. The maximum Gasteiger partial charge on any atom is 2.00 e. The standard InChI is InChI=1S/C4H10O.Mg.2H/c1-3-5-4-2;;;/h3-4H2,1-2H3;;;/q;+2;2*-1. The van der Waals surface area contributed by atoms with E-state index in [9.17, 15) is 0 Å². The molecule has 0 amide bonds. The van der Waals surface area contributed by atoms with Crippen LogP contribution in [0.1, 0.15) is 16.7 Å². The van der Waals surface area contributed by atoms with Crippen LogP contribution in [-0.4, -0.2) is 36.3 Å². The summed E-state index contributed by atoms with van der Waals surface area (Å²) in [4.78, 5) is 0. The number of ether oxygens (including phenoxy) is 1. The molecule has 1 nitrogen and oxygen atoms in total. The second-order valence-corrected chi connectivity index (χ2v) is 0.781. The molecule has 0 saturated carbocycles. The van der Waals surface area contributed by atoms with Crippen LogP contribution in [0, 0.1) is 0 Å². The fourth-order valence-electron chi connectivity index (χ4n) is 0.204. The molecular formula is C4H12MgO. The Morgan fingerprint density at radius 1 is 1.33 bits per heavy atom. The zero-order valence-electron chi connectivity index (χ0n) is 6.53. The second kappa shape index (κ2) is 9.21. The van der Waals surface area contributed by atoms with Gasteiger partial charge >= 0.3 is 23.1 Å². The fourth-order valence-corrected chi connectivity index (χ4v) is 0.204. The Kier molecular flexibility index (Phi) is 15.2. The summed E-state index contributed by atoms with van der Waals surface area (Å²) in [7, 11) is 0. The third-order valence-electron chi connectivity index (χ3n) is 0.408. The first-order valence-corrected chi connectivity index (χ1v) is 1.99. The number of hydrogen-bond donors (Lipinski definition) is 0. The quantitative estimate of drug-likeness (QED) is 0.468. The van der Waals surface area contributed by atoms with Crippen LogP contribution >= 0.6 is 0 Å². The first kappa shape index (κ1) is 9.87. The molecule has 0 aromatic carbocycles. The monoisotopic (exact) mass is 100 g/mol. The molecule has 6 heavy (non-hydrogen) atoms. The maximum atomic E-state index is 4.83. The summed E-state index contributed by atoms with van der Waals surface area (Å²) in [5, 5.41) is 0. The zero-order chi connectivity index (χ0) is 4.12. The summed E-state index contributed by atoms with van der Waals surface area (Å²) in [6.45, 7) is 5.67. The van der Waals surface area contributed by atoms with Gasteiger partial charge in [-0.25, -0.2) is 0 Å². The molecule has 0 aliphatic rings. The molecule has 0 radical (unpaired) electrons. The van der Waals surface area contributed by atoms with Gasteiger partial charge in [0.05, 0.1) is 0 Å². The largest absolute Gasteiger partial charge is 2.00 e. The Morgan fingerprint density at radius 3 is 1.67 bits per heavy atom. The second-order valence-electron chi connectivity index (χ2n) is 0.781. The third kappa shape index (κ3) is 8.83. The van der Waals surface area contributed by atoms with E-state index in [1.807, 2.05) is 13.8 Å². The van der Waals surface area contributed by atoms with E-state index in [-0.39, 0.29) is 25.9 Å². The minimum Gasteiger partial charge on any atom is -1.00 e. The van der Waals surface area contributed by atoms with Crippen molar-refractivity contribution in [1.29, 1.82) is 0 Å². The molecule has 0 aliphatic heterocycles. The first-order valence-electron chi connectivity index (χ1n) is 1.99. The minimum absolute atomic E-state index is 0. The molecule has 0 saturated heterocycles. The van der Waals surface area contributed by atoms with Crippen molar-refractivity contribution >= 4 is 23.1 Å². The fraction of sp³-hybridized carbons (Fsp3) is 1.00. The molecule has 0 aromatic rings. The van der Waals surface area contributed by atoms with Crippen LogP contribution in [0.4, 0.5) is 0 Å². The van der Waals surface area contributed by atoms with Gasteiger partial charge in [-0.05, 0) is 13.8 Å². The van der Waals surface area contributed by atoms with Crippen LogP contribution < -0.4 is 0 Å². The van der Waals surface area contributed by atoms with E-state index >= 15 is 0 Å². The van der Waals surface area contributed by atoms with Crippen molar-refractivity contribution in [2.45, 2.75) is 13.8 Å². The molecule has 0 aliphatic carbocycles. The molecule has 0 spiro atoms. The van der Waals surface area contributed by atoms with E-state index in [1.54, 1.807) is 0 Å². The predicted molar refractivity (Wildman–Crippen MR) is 30.1 cm³/mol. The van der Waals surface area contributed by atoms with Gasteiger partial charge in [0.25, 0.3) is 0 Å². The molecule has 0 heterocycles. The summed E-state index contributed by atoms with van der Waals surface area (Å²) in [5.74, 6) is 0. The van der Waals surface area contributed by atoms with Gasteiger partial charge in [-0.15, -0.1) is 0 Å². The van der Waals surface area contributed by atoms with E-state index in [4.69, 9.17) is 4.74 Å². The van der Waals surface area contributed by atoms with E-state index in [0.717, 1.165) is 13.2 Å². The minimum atomic E-state index is 0. The predicted octanol–water partition coefficient (Wildman–Crippen LogP) is 0.887. The van der Waals surface area contributed by atoms with Gasteiger partial charge in [-0.1, -0.05) is 0 Å². The van der Waals surface area contributed by atoms with Crippen LogP contribution in [0.2, 0.25) is 0 Å². The van der Waals surface area contributed by atoms with Crippen LogP contribution in [0.15, 0.2) is 0 Å². The van der Waals surface area contributed by atoms with Crippen molar-refractivity contribution in [2.75, 3.05) is 13.2 Å². The maximum absolute atomic E-state index is 4.83. The molecule has 0 unspecified atom stereocenters. The van der Waals surface area contributed by atoms with Gasteiger partial charge in [0.15, 0.2) is 0 Å². The van der Waals surface area contributed by atoms with E-state index in [0.29, 0.717) is 0 Å². The van der Waals surface area contributed by atoms with E-state index < -0.39 is 0 Å². The van der Waals surface area contributed by atoms with Gasteiger partial charge in [0, 0.05) is 13.2 Å². The van der Waals surface area contributed by atoms with Crippen LogP contribution in [0.5, 0.6) is 0 Å². The Labute approximate surface area is 58.2 Å². The van der Waals surface area contributed by atoms with E-state index in [2.05, 4.69) is 0 Å². The summed E-state index contributed by atoms with van der Waals surface area (Å²) in [6, 6.07) is 0. The van der Waals surface area contributed by atoms with Crippen molar-refractivity contribution in [1.82, 2.24) is 0 Å². The topological polar surface area (TPSA) is 9.23 Å². The molecular weight excluding hydrogens is 88.3 g/mol. The Balaban J connectivity index is -0.0000000267. The summed E-state index contributed by atoms with van der Waals surface area (Å²) in [6.07, 6.45) is 0. The molecule has 0 bridgehead atoms. The van der Waals surface area contributed by atoms with Crippen molar-refractivity contribution in [3.63, 3.8) is 0 Å². The molecule has 0 rings (SSSR count). The normalized spacial score (nSPS) is 7.00. The van der Waals surface area contributed by atoms with Gasteiger partial charge in [0.1, 0.15) is 0 Å². The van der Waals surface area contributed by atoms with Crippen LogP contribution in [0.3, 0.4) is 0 Å². The van der Waals surface area contributed by atoms with Crippen molar-refractivity contribution in [3.05, 3.63) is 0 Å². The Morgan fingerprint density at radius 2 is 1.67 bits per heavy atom. The zero-order valence-corrected chi connectivity index (χ0v) is 5.94. The van der Waals surface area contributed by atoms with Crippen LogP contribution in [0.25, 0.3) is 0 Å². The average Bonchev–Trinajstić information content (AvgIpc) is 1.41. The van der Waals surface area contributed by atoms with E-state index in [1.165, 1.54) is 0 Å². The summed E-state index contributed by atoms with van der Waals surface area (Å²) >= 11 is 0. The smallest absolute Gasteiger partial charge is 1.00 e. The van der Waals surface area contributed by atoms with Crippen LogP contribution in [-0.2, 0) is 4.74 Å². The summed E-state index contributed by atoms with van der Waals surface area (Å²) < 4.78 is 4.83. The molecule has 0 aromatic heterocycles. The van der Waals surface area contributed by atoms with Gasteiger partial charge < -0.3 is 7.59 Å². The van der Waals surface area contributed by atoms with Gasteiger partial charge in [0.2, 0.25) is 0 Å². The Bertz CT molecular complexity index is 21.5. The first-order chi connectivity index (χ1) is 2.41. The molecule has 0 fully saturated rings. The van der Waals surface area contributed by atoms with Crippen molar-refractivity contribution < 1.29 is 7.59 Å². The third-order valence-corrected chi connectivity index (χ3v) is 0.408. The van der Waals surface area contributed by atoms with Crippen molar-refractivity contribution in [2.24, 2.45) is 0 Å². The molecule has 0 N–H and O–H groups in total. The number of hydrogen-bond acceptors (Lipinski definition) is 1. The van der Waals surface area contributed by atoms with Gasteiger partial charge in [-0.2, -0.15) is 0 Å². The van der Waals surface area contributed by atoms with Gasteiger partial charge in [-0.3, -0.25) is 0 Å². The Hall–Kier alpha value is 0.726. The number of rotatable bonds is 2. The average molecular weight is 100 g/mol. The molecule has 36 valence electrons. The molecule has 0 atom stereocenters. The van der Waals surface area contributed by atoms with Crippen molar-refractivity contribution in [3.8, 4) is 0 Å².